The molecule has 1 fully saturated rings. The topological polar surface area (TPSA) is 53.9 Å². The minimum atomic E-state index is -0.0712. The van der Waals surface area contributed by atoms with Gasteiger partial charge in [0.15, 0.2) is 0 Å². The number of rotatable bonds is 3. The molecule has 4 rings (SSSR count). The molecule has 0 radical (unpaired) electrons. The van der Waals surface area contributed by atoms with Crippen LogP contribution in [0.5, 0.6) is 0 Å². The van der Waals surface area contributed by atoms with Crippen LogP contribution < -0.4 is 5.56 Å². The van der Waals surface area contributed by atoms with E-state index in [-0.39, 0.29) is 11.6 Å². The van der Waals surface area contributed by atoms with Gasteiger partial charge in [-0.15, -0.1) is 0 Å². The molecule has 0 saturated carbocycles. The summed E-state index contributed by atoms with van der Waals surface area (Å²) in [4.78, 5) is 19.3. The zero-order chi connectivity index (χ0) is 18.1. The number of likely N-dealkylation sites (tertiary alicyclic amines) is 1. The highest BCUT2D eigenvalue weighted by Gasteiger charge is 2.25. The molecule has 6 heteroatoms. The highest BCUT2D eigenvalue weighted by Crippen LogP contribution is 2.34. The van der Waals surface area contributed by atoms with E-state index in [1.165, 1.54) is 0 Å². The monoisotopic (exact) mass is 368 g/mol. The molecule has 26 heavy (non-hydrogen) atoms. The lowest BCUT2D eigenvalue weighted by molar-refractivity contribution is 0.213. The second kappa shape index (κ2) is 7.09. The largest absolute Gasteiger partial charge is 0.306 e. The summed E-state index contributed by atoms with van der Waals surface area (Å²) in [5, 5.41) is 3.76. The van der Waals surface area contributed by atoms with Crippen LogP contribution in [-0.2, 0) is 0 Å². The molecule has 3 heterocycles. The van der Waals surface area contributed by atoms with Gasteiger partial charge in [0.25, 0.3) is 5.56 Å². The van der Waals surface area contributed by atoms with E-state index in [1.807, 2.05) is 36.4 Å². The van der Waals surface area contributed by atoms with Crippen molar-refractivity contribution >= 4 is 11.6 Å². The van der Waals surface area contributed by atoms with Crippen molar-refractivity contribution < 1.29 is 0 Å². The molecule has 5 nitrogen and oxygen atoms in total. The van der Waals surface area contributed by atoms with E-state index in [9.17, 15) is 4.79 Å². The van der Waals surface area contributed by atoms with Gasteiger partial charge in [-0.1, -0.05) is 23.7 Å². The highest BCUT2D eigenvalue weighted by atomic mass is 35.5. The molecule has 0 atom stereocenters. The first-order valence-corrected chi connectivity index (χ1v) is 9.20. The third-order valence-electron chi connectivity index (χ3n) is 5.07. The summed E-state index contributed by atoms with van der Waals surface area (Å²) in [6.45, 7) is 2.05. The van der Waals surface area contributed by atoms with Crippen LogP contribution in [0.4, 0.5) is 0 Å². The van der Waals surface area contributed by atoms with Gasteiger partial charge in [-0.3, -0.25) is 19.6 Å². The average molecular weight is 369 g/mol. The lowest BCUT2D eigenvalue weighted by atomic mass is 10.00. The van der Waals surface area contributed by atoms with Gasteiger partial charge < -0.3 is 4.90 Å². The molecule has 1 aromatic carbocycles. The van der Waals surface area contributed by atoms with Crippen LogP contribution in [-0.4, -0.2) is 39.8 Å². The minimum Gasteiger partial charge on any atom is -0.306 e. The van der Waals surface area contributed by atoms with E-state index in [2.05, 4.69) is 26.7 Å². The number of nitrogens with zero attached hydrogens (tertiary/aromatic N) is 3. The van der Waals surface area contributed by atoms with Crippen molar-refractivity contribution in [2.75, 3.05) is 20.1 Å². The first-order valence-electron chi connectivity index (χ1n) is 8.83. The van der Waals surface area contributed by atoms with Crippen LogP contribution in [0.2, 0.25) is 5.02 Å². The molecule has 1 aliphatic rings. The SMILES string of the molecule is CN1CCC(n2[nH]c(=O)c(-c3ccc(Cl)cc3)c2-c2ccncc2)CC1. The van der Waals surface area contributed by atoms with Gasteiger partial charge in [-0.25, -0.2) is 0 Å². The number of piperidine rings is 1. The van der Waals surface area contributed by atoms with Crippen LogP contribution >= 0.6 is 11.6 Å². The number of hydrogen-bond acceptors (Lipinski definition) is 3. The van der Waals surface area contributed by atoms with E-state index in [0.29, 0.717) is 10.6 Å². The van der Waals surface area contributed by atoms with Gasteiger partial charge in [-0.2, -0.15) is 0 Å². The lowest BCUT2D eigenvalue weighted by Gasteiger charge is -2.30. The summed E-state index contributed by atoms with van der Waals surface area (Å²) < 4.78 is 2.06. The van der Waals surface area contributed by atoms with Crippen molar-refractivity contribution in [1.82, 2.24) is 19.7 Å². The Morgan fingerprint density at radius 2 is 1.69 bits per heavy atom. The second-order valence-corrected chi connectivity index (χ2v) is 7.25. The van der Waals surface area contributed by atoms with Gasteiger partial charge in [-0.05, 0) is 62.8 Å². The number of hydrogen-bond donors (Lipinski definition) is 1. The molecule has 0 bridgehead atoms. The van der Waals surface area contributed by atoms with Crippen molar-refractivity contribution in [2.45, 2.75) is 18.9 Å². The van der Waals surface area contributed by atoms with E-state index in [4.69, 9.17) is 11.6 Å². The first kappa shape index (κ1) is 17.1. The smallest absolute Gasteiger partial charge is 0.272 e. The van der Waals surface area contributed by atoms with Crippen molar-refractivity contribution in [3.63, 3.8) is 0 Å². The molecule has 2 aromatic heterocycles. The molecular weight excluding hydrogens is 348 g/mol. The fourth-order valence-corrected chi connectivity index (χ4v) is 3.78. The highest BCUT2D eigenvalue weighted by molar-refractivity contribution is 6.30. The van der Waals surface area contributed by atoms with Gasteiger partial charge >= 0.3 is 0 Å². The Hall–Kier alpha value is -2.37. The summed E-state index contributed by atoms with van der Waals surface area (Å²) >= 11 is 6.03. The molecule has 0 amide bonds. The summed E-state index contributed by atoms with van der Waals surface area (Å²) in [6, 6.07) is 11.6. The van der Waals surface area contributed by atoms with Crippen molar-refractivity contribution in [3.8, 4) is 22.4 Å². The van der Waals surface area contributed by atoms with E-state index in [0.717, 1.165) is 42.8 Å². The number of aromatic nitrogens is 3. The van der Waals surface area contributed by atoms with Crippen molar-refractivity contribution in [1.29, 1.82) is 0 Å². The Labute approximate surface area is 157 Å². The zero-order valence-corrected chi connectivity index (χ0v) is 15.4. The Morgan fingerprint density at radius 3 is 2.35 bits per heavy atom. The number of benzene rings is 1. The van der Waals surface area contributed by atoms with Crippen LogP contribution in [0.15, 0.2) is 53.6 Å². The first-order chi connectivity index (χ1) is 12.6. The van der Waals surface area contributed by atoms with Crippen molar-refractivity contribution in [2.24, 2.45) is 0 Å². The third kappa shape index (κ3) is 3.20. The summed E-state index contributed by atoms with van der Waals surface area (Å²) in [5.41, 5.74) is 3.40. The van der Waals surface area contributed by atoms with Crippen molar-refractivity contribution in [3.05, 3.63) is 64.2 Å². The predicted octanol–water partition coefficient (Wildman–Crippen LogP) is 3.83. The molecule has 0 aliphatic carbocycles. The van der Waals surface area contributed by atoms with Crippen LogP contribution in [0.1, 0.15) is 18.9 Å². The Balaban J connectivity index is 1.89. The van der Waals surface area contributed by atoms with E-state index >= 15 is 0 Å². The Morgan fingerprint density at radius 1 is 1.04 bits per heavy atom. The molecule has 134 valence electrons. The lowest BCUT2D eigenvalue weighted by Crippen LogP contribution is -2.32. The van der Waals surface area contributed by atoms with Gasteiger partial charge in [0.2, 0.25) is 0 Å². The summed E-state index contributed by atoms with van der Waals surface area (Å²) in [6.07, 6.45) is 5.55. The maximum absolute atomic E-state index is 12.9. The number of pyridine rings is 1. The quantitative estimate of drug-likeness (QED) is 0.764. The molecule has 3 aromatic rings. The fraction of sp³-hybridized carbons (Fsp3) is 0.300. The molecule has 0 unspecified atom stereocenters. The number of aromatic amines is 1. The Bertz CT molecular complexity index is 938. The maximum Gasteiger partial charge on any atom is 0.272 e. The summed E-state index contributed by atoms with van der Waals surface area (Å²) in [5.74, 6) is 0. The predicted molar refractivity (Wildman–Crippen MR) is 104 cm³/mol. The van der Waals surface area contributed by atoms with E-state index < -0.39 is 0 Å². The third-order valence-corrected chi connectivity index (χ3v) is 5.32. The number of nitrogens with one attached hydrogen (secondary N) is 1. The zero-order valence-electron chi connectivity index (χ0n) is 14.7. The molecule has 0 spiro atoms. The Kier molecular flexibility index (Phi) is 4.66. The van der Waals surface area contributed by atoms with Crippen LogP contribution in [0.25, 0.3) is 22.4 Å². The van der Waals surface area contributed by atoms with Crippen LogP contribution in [0, 0.1) is 0 Å². The average Bonchev–Trinajstić information content (AvgIpc) is 3.01. The number of halogens is 1. The van der Waals surface area contributed by atoms with Gasteiger partial charge in [0, 0.05) is 23.0 Å². The van der Waals surface area contributed by atoms with E-state index in [1.54, 1.807) is 12.4 Å². The summed E-state index contributed by atoms with van der Waals surface area (Å²) in [7, 11) is 2.14. The fourth-order valence-electron chi connectivity index (χ4n) is 3.65. The number of H-pyrrole nitrogens is 1. The normalized spacial score (nSPS) is 16.1. The maximum atomic E-state index is 12.9. The molecule has 1 aliphatic heterocycles. The van der Waals surface area contributed by atoms with Crippen LogP contribution in [0.3, 0.4) is 0 Å². The minimum absolute atomic E-state index is 0.0712. The van der Waals surface area contributed by atoms with Gasteiger partial charge in [0.05, 0.1) is 17.3 Å². The molecule has 1 saturated heterocycles. The second-order valence-electron chi connectivity index (χ2n) is 6.81. The molecule has 1 N–H and O–H groups in total. The molecular formula is C20H21ClN4O. The van der Waals surface area contributed by atoms with Gasteiger partial charge in [0.1, 0.15) is 0 Å². The standard InChI is InChI=1S/C20H21ClN4O/c1-24-12-8-17(9-13-24)25-19(15-6-10-22-11-7-15)18(20(26)23-25)14-2-4-16(21)5-3-14/h2-7,10-11,17H,8-9,12-13H2,1H3,(H,23,26).